The lowest BCUT2D eigenvalue weighted by molar-refractivity contribution is -0.150. The lowest BCUT2D eigenvalue weighted by Gasteiger charge is -2.38. The number of Topliss-reactive ketones (excluding diaryl/α,β-unsaturated/α-hetero) is 1. The summed E-state index contributed by atoms with van der Waals surface area (Å²) in [5.41, 5.74) is -1.69. The van der Waals surface area contributed by atoms with E-state index in [9.17, 15) is 32.7 Å². The topological polar surface area (TPSA) is 92.5 Å². The first kappa shape index (κ1) is 28.9. The molecule has 5 rings (SSSR count). The second-order valence-corrected chi connectivity index (χ2v) is 12.8. The third kappa shape index (κ3) is 4.91. The van der Waals surface area contributed by atoms with Gasteiger partial charge in [0.1, 0.15) is 0 Å². The van der Waals surface area contributed by atoms with Gasteiger partial charge in [0.2, 0.25) is 0 Å². The molecule has 0 spiro atoms. The molecule has 0 radical (unpaired) electrons. The minimum atomic E-state index is -4.90. The third-order valence-electron chi connectivity index (χ3n) is 9.48. The molecule has 1 aromatic carbocycles. The first-order valence-electron chi connectivity index (χ1n) is 13.3. The van der Waals surface area contributed by atoms with Crippen LogP contribution in [0.4, 0.5) is 13.2 Å². The Morgan fingerprint density at radius 2 is 1.70 bits per heavy atom. The Balaban J connectivity index is 1.46. The summed E-state index contributed by atoms with van der Waals surface area (Å²) < 4.78 is 44.1. The zero-order valence-electron chi connectivity index (χ0n) is 22.2. The van der Waals surface area contributed by atoms with Crippen LogP contribution in [0.15, 0.2) is 24.4 Å². The number of aliphatic carboxylic acids is 1. The number of benzene rings is 1. The van der Waals surface area contributed by atoms with Crippen LogP contribution in [0.25, 0.3) is 0 Å². The summed E-state index contributed by atoms with van der Waals surface area (Å²) in [6.45, 7) is 5.31. The number of fused-ring (bicyclic) bond motifs is 1. The lowest BCUT2D eigenvalue weighted by atomic mass is 9.73. The molecule has 216 valence electrons. The van der Waals surface area contributed by atoms with Crippen molar-refractivity contribution in [1.29, 1.82) is 0 Å². The van der Waals surface area contributed by atoms with E-state index in [4.69, 9.17) is 23.2 Å². The third-order valence-corrected chi connectivity index (χ3v) is 10.1. The number of hydrogen-bond donors (Lipinski definition) is 1. The molecule has 1 aromatic heterocycles. The number of amides is 1. The van der Waals surface area contributed by atoms with E-state index in [0.29, 0.717) is 24.7 Å². The van der Waals surface area contributed by atoms with Gasteiger partial charge >= 0.3 is 12.1 Å². The van der Waals surface area contributed by atoms with Crippen LogP contribution in [0.1, 0.15) is 78.9 Å². The van der Waals surface area contributed by atoms with Crippen LogP contribution in [0.3, 0.4) is 0 Å². The first-order chi connectivity index (χ1) is 18.6. The van der Waals surface area contributed by atoms with Gasteiger partial charge in [-0.3, -0.25) is 19.1 Å². The Morgan fingerprint density at radius 1 is 1.12 bits per heavy atom. The Labute approximate surface area is 239 Å². The molecule has 1 amide bonds. The molecule has 3 aliphatic rings. The Morgan fingerprint density at radius 3 is 2.23 bits per heavy atom. The number of nitrogens with zero attached hydrogens (tertiary/aromatic N) is 3. The molecule has 2 aromatic rings. The van der Waals surface area contributed by atoms with E-state index >= 15 is 0 Å². The molecular weight excluding hydrogens is 570 g/mol. The molecule has 12 heteroatoms. The number of carbonyl (C=O) groups is 3. The number of ketones is 1. The van der Waals surface area contributed by atoms with Crippen LogP contribution < -0.4 is 0 Å². The Hall–Kier alpha value is -2.59. The normalized spacial score (nSPS) is 27.4. The summed E-state index contributed by atoms with van der Waals surface area (Å²) in [6.07, 6.45) is -2.40. The molecule has 3 fully saturated rings. The van der Waals surface area contributed by atoms with E-state index in [1.54, 1.807) is 6.07 Å². The molecule has 3 saturated carbocycles. The van der Waals surface area contributed by atoms with Crippen molar-refractivity contribution in [3.63, 3.8) is 0 Å². The summed E-state index contributed by atoms with van der Waals surface area (Å²) in [7, 11) is 0. The molecule has 1 heterocycles. The molecule has 0 aliphatic heterocycles. The predicted octanol–water partition coefficient (Wildman–Crippen LogP) is 6.64. The van der Waals surface area contributed by atoms with Crippen molar-refractivity contribution in [3.05, 3.63) is 51.3 Å². The van der Waals surface area contributed by atoms with Crippen LogP contribution in [0, 0.1) is 29.1 Å². The highest BCUT2D eigenvalue weighted by Crippen LogP contribution is 2.67. The van der Waals surface area contributed by atoms with E-state index in [2.05, 4.69) is 18.9 Å². The van der Waals surface area contributed by atoms with E-state index in [1.165, 1.54) is 24.0 Å². The fraction of sp³-hybridized carbons (Fsp3) is 0.571. The molecule has 0 bridgehead atoms. The average molecular weight is 600 g/mol. The quantitative estimate of drug-likeness (QED) is 0.343. The van der Waals surface area contributed by atoms with Crippen LogP contribution in [-0.2, 0) is 11.0 Å². The highest BCUT2D eigenvalue weighted by molar-refractivity contribution is 6.40. The Bertz CT molecular complexity index is 1330. The summed E-state index contributed by atoms with van der Waals surface area (Å²) in [5, 5.41) is 13.4. The van der Waals surface area contributed by atoms with Gasteiger partial charge in [-0.2, -0.15) is 18.3 Å². The summed E-state index contributed by atoms with van der Waals surface area (Å²) in [6, 6.07) is 3.45. The number of halogens is 5. The van der Waals surface area contributed by atoms with Crippen molar-refractivity contribution < 1.29 is 32.7 Å². The monoisotopic (exact) mass is 599 g/mol. The SMILES string of the molecule is C[C@H](C(=O)O)C1CC(n2ncc(C(=O)N(CC(=O)c3c(Cl)cccc3Cl)[C@@H]3C[C@@H]4[C@H](C3)C4(C)C)c2C(F)(F)F)C1. The summed E-state index contributed by atoms with van der Waals surface area (Å²) in [5.74, 6) is -2.83. The summed E-state index contributed by atoms with van der Waals surface area (Å²) in [4.78, 5) is 39.8. The first-order valence-corrected chi connectivity index (χ1v) is 14.0. The summed E-state index contributed by atoms with van der Waals surface area (Å²) >= 11 is 12.4. The minimum absolute atomic E-state index is 0.0203. The number of rotatable bonds is 8. The predicted molar refractivity (Wildman–Crippen MR) is 141 cm³/mol. The molecular formula is C28H30Cl2F3N3O4. The maximum atomic E-state index is 14.4. The van der Waals surface area contributed by atoms with E-state index in [-0.39, 0.29) is 39.8 Å². The van der Waals surface area contributed by atoms with Crippen molar-refractivity contribution in [2.45, 2.75) is 64.7 Å². The maximum absolute atomic E-state index is 14.4. The van der Waals surface area contributed by atoms with Gasteiger partial charge in [0, 0.05) is 6.04 Å². The second-order valence-electron chi connectivity index (χ2n) is 12.0. The number of aromatic nitrogens is 2. The number of alkyl halides is 3. The van der Waals surface area contributed by atoms with Gasteiger partial charge in [0.05, 0.1) is 45.9 Å². The smallest absolute Gasteiger partial charge is 0.433 e. The number of hydrogen-bond acceptors (Lipinski definition) is 4. The number of carbonyl (C=O) groups excluding carboxylic acids is 2. The van der Waals surface area contributed by atoms with E-state index < -0.39 is 59.6 Å². The van der Waals surface area contributed by atoms with E-state index in [0.717, 1.165) is 10.9 Å². The average Bonchev–Trinajstić information content (AvgIpc) is 3.25. The molecule has 1 N–H and O–H groups in total. The second kappa shape index (κ2) is 10.0. The van der Waals surface area contributed by atoms with Gasteiger partial charge in [-0.1, -0.05) is 50.0 Å². The Kier molecular flexibility index (Phi) is 7.26. The number of carboxylic acids is 1. The lowest BCUT2D eigenvalue weighted by Crippen LogP contribution is -2.44. The van der Waals surface area contributed by atoms with Crippen LogP contribution in [0.5, 0.6) is 0 Å². The number of carboxylic acid groups (broad SMARTS) is 1. The maximum Gasteiger partial charge on any atom is 0.433 e. The van der Waals surface area contributed by atoms with Gasteiger partial charge in [-0.25, -0.2) is 0 Å². The van der Waals surface area contributed by atoms with E-state index in [1.807, 2.05) is 0 Å². The van der Waals surface area contributed by atoms with Crippen molar-refractivity contribution in [1.82, 2.24) is 14.7 Å². The molecule has 7 nitrogen and oxygen atoms in total. The zero-order chi connectivity index (χ0) is 29.3. The molecule has 0 saturated heterocycles. The fourth-order valence-corrected chi connectivity index (χ4v) is 7.38. The van der Waals surface area contributed by atoms with Gasteiger partial charge in [0.15, 0.2) is 11.5 Å². The highest BCUT2D eigenvalue weighted by Gasteiger charge is 2.63. The fourth-order valence-electron chi connectivity index (χ4n) is 6.77. The van der Waals surface area contributed by atoms with Crippen LogP contribution >= 0.6 is 23.2 Å². The molecule has 0 unspecified atom stereocenters. The van der Waals surface area contributed by atoms with Crippen molar-refractivity contribution in [2.75, 3.05) is 6.54 Å². The van der Waals surface area contributed by atoms with Gasteiger partial charge in [-0.15, -0.1) is 0 Å². The van der Waals surface area contributed by atoms with Crippen molar-refractivity contribution in [3.8, 4) is 0 Å². The van der Waals surface area contributed by atoms with Crippen LogP contribution in [0.2, 0.25) is 10.0 Å². The zero-order valence-corrected chi connectivity index (χ0v) is 23.7. The molecule has 40 heavy (non-hydrogen) atoms. The highest BCUT2D eigenvalue weighted by atomic mass is 35.5. The van der Waals surface area contributed by atoms with Crippen LogP contribution in [-0.4, -0.2) is 50.0 Å². The van der Waals surface area contributed by atoms with Gasteiger partial charge < -0.3 is 10.0 Å². The minimum Gasteiger partial charge on any atom is -0.481 e. The van der Waals surface area contributed by atoms with Crippen molar-refractivity contribution in [2.24, 2.45) is 29.1 Å². The molecule has 4 atom stereocenters. The van der Waals surface area contributed by atoms with Crippen molar-refractivity contribution >= 4 is 40.9 Å². The van der Waals surface area contributed by atoms with Gasteiger partial charge in [0.25, 0.3) is 5.91 Å². The molecule has 3 aliphatic carbocycles. The standard InChI is InChI=1S/C28H30Cl2F3N3O4/c1-13(26(39)40)14-7-16(8-14)36-24(28(31,32)33)17(11-34-36)25(38)35(15-9-18-19(10-15)27(18,2)3)12-22(37)23-20(29)5-4-6-21(23)30/h4-6,11,13-16,18-19H,7-10,12H2,1-3H3,(H,39,40)/t13-,14?,15-,16?,18-,19+/m0/s1. The van der Waals surface area contributed by atoms with Gasteiger partial charge in [-0.05, 0) is 61.0 Å². The largest absolute Gasteiger partial charge is 0.481 e.